The van der Waals surface area contributed by atoms with Crippen LogP contribution in [0.2, 0.25) is 0 Å². The van der Waals surface area contributed by atoms with Gasteiger partial charge in [-0.2, -0.15) is 0 Å². The van der Waals surface area contributed by atoms with Crippen molar-refractivity contribution < 1.29 is 4.39 Å². The van der Waals surface area contributed by atoms with Crippen molar-refractivity contribution in [2.45, 2.75) is 25.9 Å². The van der Waals surface area contributed by atoms with E-state index in [-0.39, 0.29) is 11.4 Å². The lowest BCUT2D eigenvalue weighted by Gasteiger charge is -2.36. The molecular formula is C20H20FN5O. The number of halogens is 1. The fraction of sp³-hybridized carbons (Fsp3) is 0.300. The summed E-state index contributed by atoms with van der Waals surface area (Å²) >= 11 is 0. The highest BCUT2D eigenvalue weighted by Crippen LogP contribution is 2.25. The summed E-state index contributed by atoms with van der Waals surface area (Å²) in [5.74, 6) is 0.552. The molecule has 1 aromatic carbocycles. The van der Waals surface area contributed by atoms with Crippen molar-refractivity contribution in [3.8, 4) is 0 Å². The Kier molecular flexibility index (Phi) is 3.48. The second-order valence-corrected chi connectivity index (χ2v) is 7.44. The smallest absolute Gasteiger partial charge is 0.272 e. The molecular weight excluding hydrogens is 345 g/mol. The molecule has 0 amide bonds. The van der Waals surface area contributed by atoms with E-state index in [2.05, 4.69) is 29.0 Å². The van der Waals surface area contributed by atoms with Gasteiger partial charge < -0.3 is 15.2 Å². The van der Waals surface area contributed by atoms with Gasteiger partial charge in [0.2, 0.25) is 0 Å². The number of pyridine rings is 1. The van der Waals surface area contributed by atoms with Gasteiger partial charge in [0.1, 0.15) is 17.2 Å². The Hall–Kier alpha value is -2.93. The lowest BCUT2D eigenvalue weighted by molar-refractivity contribution is 0.405. The van der Waals surface area contributed by atoms with Crippen LogP contribution in [0.15, 0.2) is 41.2 Å². The largest absolute Gasteiger partial charge is 0.353 e. The van der Waals surface area contributed by atoms with Crippen LogP contribution in [0.5, 0.6) is 0 Å². The van der Waals surface area contributed by atoms with Crippen LogP contribution >= 0.6 is 0 Å². The number of hydrogen-bond donors (Lipinski definition) is 2. The van der Waals surface area contributed by atoms with Crippen molar-refractivity contribution in [1.29, 1.82) is 0 Å². The number of aromatic amines is 1. The van der Waals surface area contributed by atoms with Gasteiger partial charge in [0.05, 0.1) is 11.0 Å². The Balaban J connectivity index is 1.78. The first-order chi connectivity index (χ1) is 13.0. The first-order valence-corrected chi connectivity index (χ1v) is 9.14. The van der Waals surface area contributed by atoms with Crippen LogP contribution < -0.4 is 15.8 Å². The molecule has 0 radical (unpaired) electrons. The molecule has 138 valence electrons. The second-order valence-electron chi connectivity index (χ2n) is 7.44. The van der Waals surface area contributed by atoms with Gasteiger partial charge in [0.25, 0.3) is 5.56 Å². The molecule has 1 saturated heterocycles. The molecule has 4 aromatic rings. The number of benzene rings is 1. The molecule has 0 aliphatic carbocycles. The average Bonchev–Trinajstić information content (AvgIpc) is 3.00. The van der Waals surface area contributed by atoms with Crippen LogP contribution in [0.4, 0.5) is 10.2 Å². The van der Waals surface area contributed by atoms with Crippen LogP contribution in [-0.4, -0.2) is 39.5 Å². The number of aromatic nitrogens is 3. The Morgan fingerprint density at radius 1 is 1.07 bits per heavy atom. The molecule has 2 atom stereocenters. The third-order valence-corrected chi connectivity index (χ3v) is 5.20. The van der Waals surface area contributed by atoms with E-state index in [9.17, 15) is 9.18 Å². The summed E-state index contributed by atoms with van der Waals surface area (Å²) in [6.07, 6.45) is 0. The number of nitrogens with one attached hydrogen (secondary N) is 2. The van der Waals surface area contributed by atoms with Crippen molar-refractivity contribution in [3.05, 3.63) is 52.6 Å². The van der Waals surface area contributed by atoms with Gasteiger partial charge in [0, 0.05) is 30.6 Å². The second kappa shape index (κ2) is 5.79. The summed E-state index contributed by atoms with van der Waals surface area (Å²) in [5.41, 5.74) is 2.36. The predicted molar refractivity (Wildman–Crippen MR) is 105 cm³/mol. The van der Waals surface area contributed by atoms with Gasteiger partial charge in [-0.05, 0) is 50.2 Å². The summed E-state index contributed by atoms with van der Waals surface area (Å²) in [4.78, 5) is 22.5. The summed E-state index contributed by atoms with van der Waals surface area (Å²) in [5, 5.41) is 4.21. The summed E-state index contributed by atoms with van der Waals surface area (Å²) in [7, 11) is 0. The fourth-order valence-corrected chi connectivity index (χ4v) is 4.16. The summed E-state index contributed by atoms with van der Waals surface area (Å²) < 4.78 is 15.5. The van der Waals surface area contributed by atoms with E-state index in [1.165, 1.54) is 12.1 Å². The van der Waals surface area contributed by atoms with Crippen molar-refractivity contribution >= 4 is 33.4 Å². The first kappa shape index (κ1) is 16.3. The SMILES string of the molecule is C[C@@H]1CN(c2ccc3[nH]c(=O)c4cc5cc(F)ccc5n4c3n2)C[C@H](C)N1. The quantitative estimate of drug-likeness (QED) is 0.544. The maximum Gasteiger partial charge on any atom is 0.272 e. The lowest BCUT2D eigenvalue weighted by Crippen LogP contribution is -2.54. The molecule has 1 aliphatic heterocycles. The van der Waals surface area contributed by atoms with Crippen molar-refractivity contribution in [2.24, 2.45) is 0 Å². The normalized spacial score (nSPS) is 20.8. The van der Waals surface area contributed by atoms with Crippen molar-refractivity contribution in [1.82, 2.24) is 19.7 Å². The lowest BCUT2D eigenvalue weighted by atomic mass is 10.1. The van der Waals surface area contributed by atoms with Gasteiger partial charge >= 0.3 is 0 Å². The van der Waals surface area contributed by atoms with Gasteiger partial charge in [0.15, 0.2) is 5.65 Å². The molecule has 4 heterocycles. The van der Waals surface area contributed by atoms with Crippen LogP contribution in [-0.2, 0) is 0 Å². The molecule has 1 fully saturated rings. The van der Waals surface area contributed by atoms with Crippen LogP contribution in [0.1, 0.15) is 13.8 Å². The highest BCUT2D eigenvalue weighted by molar-refractivity contribution is 5.92. The van der Waals surface area contributed by atoms with Crippen LogP contribution in [0.25, 0.3) is 27.6 Å². The summed E-state index contributed by atoms with van der Waals surface area (Å²) in [6, 6.07) is 10.8. The molecule has 3 aromatic heterocycles. The van der Waals surface area contributed by atoms with Crippen LogP contribution in [0.3, 0.4) is 0 Å². The van der Waals surface area contributed by atoms with Crippen molar-refractivity contribution in [3.63, 3.8) is 0 Å². The van der Waals surface area contributed by atoms with Gasteiger partial charge in [-0.1, -0.05) is 0 Å². The Morgan fingerprint density at radius 2 is 1.85 bits per heavy atom. The fourth-order valence-electron chi connectivity index (χ4n) is 4.16. The first-order valence-electron chi connectivity index (χ1n) is 9.14. The molecule has 5 rings (SSSR count). The van der Waals surface area contributed by atoms with Crippen LogP contribution in [0, 0.1) is 5.82 Å². The average molecular weight is 365 g/mol. The predicted octanol–water partition coefficient (Wildman–Crippen LogP) is 2.65. The Morgan fingerprint density at radius 3 is 2.63 bits per heavy atom. The van der Waals surface area contributed by atoms with E-state index < -0.39 is 0 Å². The van der Waals surface area contributed by atoms with Gasteiger partial charge in [-0.3, -0.25) is 9.20 Å². The van der Waals surface area contributed by atoms with Gasteiger partial charge in [-0.25, -0.2) is 9.37 Å². The zero-order valence-electron chi connectivity index (χ0n) is 15.2. The van der Waals surface area contributed by atoms with Crippen molar-refractivity contribution in [2.75, 3.05) is 18.0 Å². The highest BCUT2D eigenvalue weighted by atomic mass is 19.1. The standard InChI is InChI=1S/C20H20FN5O/c1-11-9-25(10-12(2)22-11)18-6-4-15-19(24-18)26-16-5-3-14(21)7-13(16)8-17(26)20(27)23-15/h3-8,11-12,22H,9-10H2,1-2H3,(H,23,27)/t11-,12+. The third kappa shape index (κ3) is 2.57. The zero-order chi connectivity index (χ0) is 18.7. The Labute approximate surface area is 154 Å². The van der Waals surface area contributed by atoms with E-state index in [1.807, 2.05) is 16.5 Å². The van der Waals surface area contributed by atoms with E-state index in [0.29, 0.717) is 34.2 Å². The number of hydrogen-bond acceptors (Lipinski definition) is 4. The number of H-pyrrole nitrogens is 1. The van der Waals surface area contributed by atoms with Gasteiger partial charge in [-0.15, -0.1) is 0 Å². The number of fused-ring (bicyclic) bond motifs is 5. The number of rotatable bonds is 1. The third-order valence-electron chi connectivity index (χ3n) is 5.20. The maximum absolute atomic E-state index is 13.6. The molecule has 27 heavy (non-hydrogen) atoms. The molecule has 7 heteroatoms. The number of nitrogens with zero attached hydrogens (tertiary/aromatic N) is 3. The topological polar surface area (TPSA) is 65.4 Å². The zero-order valence-corrected chi connectivity index (χ0v) is 15.2. The van der Waals surface area contributed by atoms with E-state index in [0.717, 1.165) is 24.4 Å². The number of piperazine rings is 1. The number of anilines is 1. The molecule has 0 bridgehead atoms. The molecule has 0 unspecified atom stereocenters. The minimum atomic E-state index is -0.323. The minimum Gasteiger partial charge on any atom is -0.353 e. The van der Waals surface area contributed by atoms with E-state index in [4.69, 9.17) is 4.98 Å². The minimum absolute atomic E-state index is 0.210. The Bertz CT molecular complexity index is 1230. The molecule has 0 spiro atoms. The monoisotopic (exact) mass is 365 g/mol. The molecule has 1 aliphatic rings. The van der Waals surface area contributed by atoms with E-state index in [1.54, 1.807) is 12.1 Å². The molecule has 0 saturated carbocycles. The highest BCUT2D eigenvalue weighted by Gasteiger charge is 2.22. The maximum atomic E-state index is 13.6. The molecule has 6 nitrogen and oxygen atoms in total. The summed E-state index contributed by atoms with van der Waals surface area (Å²) in [6.45, 7) is 6.06. The van der Waals surface area contributed by atoms with E-state index >= 15 is 0 Å². The molecule has 2 N–H and O–H groups in total.